The summed E-state index contributed by atoms with van der Waals surface area (Å²) >= 11 is 0. The van der Waals surface area contributed by atoms with E-state index in [4.69, 9.17) is 9.29 Å². The summed E-state index contributed by atoms with van der Waals surface area (Å²) < 4.78 is 36.9. The van der Waals surface area contributed by atoms with Crippen LogP contribution in [0, 0.1) is 0 Å². The molecule has 0 aliphatic carbocycles. The Hall–Kier alpha value is -2.00. The maximum Gasteiger partial charge on any atom is 0.327 e. The van der Waals surface area contributed by atoms with E-state index in [2.05, 4.69) is 10.1 Å². The van der Waals surface area contributed by atoms with Gasteiger partial charge in [-0.2, -0.15) is 13.5 Å². The van der Waals surface area contributed by atoms with Gasteiger partial charge in [-0.15, -0.1) is 0 Å². The van der Waals surface area contributed by atoms with Crippen molar-refractivity contribution in [3.63, 3.8) is 0 Å². The van der Waals surface area contributed by atoms with Gasteiger partial charge in [-0.05, 0) is 19.1 Å². The van der Waals surface area contributed by atoms with Crippen LogP contribution in [0.15, 0.2) is 18.3 Å². The van der Waals surface area contributed by atoms with E-state index in [-0.39, 0.29) is 18.8 Å². The first-order chi connectivity index (χ1) is 9.40. The van der Waals surface area contributed by atoms with E-state index in [9.17, 15) is 13.2 Å². The molecule has 0 amide bonds. The van der Waals surface area contributed by atoms with Crippen molar-refractivity contribution in [3.05, 3.63) is 24.0 Å². The second kappa shape index (κ2) is 5.55. The van der Waals surface area contributed by atoms with E-state index in [1.54, 1.807) is 19.1 Å². The Morgan fingerprint density at radius 2 is 2.25 bits per heavy atom. The highest BCUT2D eigenvalue weighted by atomic mass is 32.2. The summed E-state index contributed by atoms with van der Waals surface area (Å²) in [4.78, 5) is 15.5. The van der Waals surface area contributed by atoms with Crippen LogP contribution < -0.4 is 0 Å². The molecule has 2 heterocycles. The SMILES string of the molecule is CCOC(=O)Cn1nc(CS(=O)(=O)O)c2cccnc21. The average Bonchev–Trinajstić information content (AvgIpc) is 2.66. The van der Waals surface area contributed by atoms with Gasteiger partial charge in [0.15, 0.2) is 5.65 Å². The number of hydrogen-bond donors (Lipinski definition) is 1. The van der Waals surface area contributed by atoms with Crippen molar-refractivity contribution >= 4 is 27.1 Å². The van der Waals surface area contributed by atoms with Crippen LogP contribution in [0.2, 0.25) is 0 Å². The molecule has 1 N–H and O–H groups in total. The smallest absolute Gasteiger partial charge is 0.327 e. The Morgan fingerprint density at radius 3 is 2.90 bits per heavy atom. The molecule has 2 aromatic heterocycles. The van der Waals surface area contributed by atoms with Gasteiger partial charge in [0.1, 0.15) is 12.3 Å². The molecule has 2 aromatic rings. The van der Waals surface area contributed by atoms with Gasteiger partial charge in [0.2, 0.25) is 0 Å². The third-order valence-electron chi connectivity index (χ3n) is 2.49. The molecule has 0 aromatic carbocycles. The molecule has 0 bridgehead atoms. The van der Waals surface area contributed by atoms with Crippen molar-refractivity contribution in [3.8, 4) is 0 Å². The molecule has 0 spiro atoms. The number of carbonyl (C=O) groups is 1. The van der Waals surface area contributed by atoms with Gasteiger partial charge in [0.25, 0.3) is 10.1 Å². The fourth-order valence-electron chi connectivity index (χ4n) is 1.79. The molecule has 0 unspecified atom stereocenters. The first-order valence-corrected chi connectivity index (χ1v) is 7.43. The topological polar surface area (TPSA) is 111 Å². The van der Waals surface area contributed by atoms with Gasteiger partial charge in [0, 0.05) is 11.6 Å². The summed E-state index contributed by atoms with van der Waals surface area (Å²) in [6, 6.07) is 3.24. The highest BCUT2D eigenvalue weighted by molar-refractivity contribution is 7.85. The Balaban J connectivity index is 2.43. The number of carbonyl (C=O) groups excluding carboxylic acids is 1. The zero-order valence-corrected chi connectivity index (χ0v) is 11.5. The zero-order valence-electron chi connectivity index (χ0n) is 10.7. The monoisotopic (exact) mass is 299 g/mol. The van der Waals surface area contributed by atoms with E-state index in [1.165, 1.54) is 10.9 Å². The minimum Gasteiger partial charge on any atom is -0.465 e. The summed E-state index contributed by atoms with van der Waals surface area (Å²) in [6.07, 6.45) is 1.50. The molecular formula is C11H13N3O5S. The van der Waals surface area contributed by atoms with Crippen molar-refractivity contribution < 1.29 is 22.5 Å². The number of rotatable bonds is 5. The van der Waals surface area contributed by atoms with Crippen molar-refractivity contribution in [2.75, 3.05) is 6.61 Å². The van der Waals surface area contributed by atoms with Crippen molar-refractivity contribution in [2.24, 2.45) is 0 Å². The third-order valence-corrected chi connectivity index (χ3v) is 3.13. The molecule has 0 aliphatic heterocycles. The predicted octanol–water partition coefficient (Wildman–Crippen LogP) is 0.382. The number of fused-ring (bicyclic) bond motifs is 1. The summed E-state index contributed by atoms with van der Waals surface area (Å²) in [5.41, 5.74) is 0.499. The molecule has 20 heavy (non-hydrogen) atoms. The van der Waals surface area contributed by atoms with Crippen LogP contribution in [0.25, 0.3) is 11.0 Å². The van der Waals surface area contributed by atoms with Gasteiger partial charge in [-0.1, -0.05) is 0 Å². The Kier molecular flexibility index (Phi) is 4.00. The van der Waals surface area contributed by atoms with Crippen LogP contribution in [0.4, 0.5) is 0 Å². The molecule has 0 atom stereocenters. The second-order valence-electron chi connectivity index (χ2n) is 4.01. The van der Waals surface area contributed by atoms with E-state index >= 15 is 0 Å². The van der Waals surface area contributed by atoms with Crippen LogP contribution in [0.1, 0.15) is 12.6 Å². The third kappa shape index (κ3) is 3.31. The first-order valence-electron chi connectivity index (χ1n) is 5.82. The van der Waals surface area contributed by atoms with Crippen LogP contribution in [0.3, 0.4) is 0 Å². The molecule has 0 saturated carbocycles. The van der Waals surface area contributed by atoms with Crippen LogP contribution in [0.5, 0.6) is 0 Å². The molecule has 8 nitrogen and oxygen atoms in total. The lowest BCUT2D eigenvalue weighted by Gasteiger charge is -2.02. The van der Waals surface area contributed by atoms with Crippen molar-refractivity contribution in [1.29, 1.82) is 0 Å². The number of aromatic nitrogens is 3. The Bertz CT molecular complexity index is 738. The molecule has 0 fully saturated rings. The Labute approximate surface area is 115 Å². The minimum atomic E-state index is -4.21. The van der Waals surface area contributed by atoms with Crippen molar-refractivity contribution in [2.45, 2.75) is 19.2 Å². The standard InChI is InChI=1S/C11H13N3O5S/c1-2-19-10(15)6-14-11-8(4-3-5-12-11)9(13-14)7-20(16,17)18/h3-5H,2,6-7H2,1H3,(H,16,17,18). The van der Waals surface area contributed by atoms with Gasteiger partial charge in [-0.3, -0.25) is 9.35 Å². The fourth-order valence-corrected chi connectivity index (χ4v) is 2.35. The normalized spacial score (nSPS) is 11.7. The highest BCUT2D eigenvalue weighted by Gasteiger charge is 2.18. The van der Waals surface area contributed by atoms with E-state index in [0.717, 1.165) is 0 Å². The molecule has 0 saturated heterocycles. The van der Waals surface area contributed by atoms with Gasteiger partial charge >= 0.3 is 5.97 Å². The van der Waals surface area contributed by atoms with Crippen LogP contribution in [-0.4, -0.2) is 40.3 Å². The minimum absolute atomic E-state index is 0.139. The lowest BCUT2D eigenvalue weighted by Crippen LogP contribution is -2.15. The largest absolute Gasteiger partial charge is 0.465 e. The quantitative estimate of drug-likeness (QED) is 0.627. The van der Waals surface area contributed by atoms with E-state index in [1.807, 2.05) is 0 Å². The lowest BCUT2D eigenvalue weighted by atomic mass is 10.3. The number of ether oxygens (including phenoxy) is 1. The second-order valence-corrected chi connectivity index (χ2v) is 5.46. The van der Waals surface area contributed by atoms with E-state index in [0.29, 0.717) is 11.0 Å². The zero-order chi connectivity index (χ0) is 14.8. The van der Waals surface area contributed by atoms with Crippen LogP contribution >= 0.6 is 0 Å². The summed E-state index contributed by atoms with van der Waals surface area (Å²) in [5, 5.41) is 4.48. The number of pyridine rings is 1. The molecule has 2 rings (SSSR count). The number of esters is 1. The fraction of sp³-hybridized carbons (Fsp3) is 0.364. The molecule has 9 heteroatoms. The molecule has 0 aliphatic rings. The summed E-state index contributed by atoms with van der Waals surface area (Å²) in [6.45, 7) is 1.75. The maximum absolute atomic E-state index is 11.5. The first kappa shape index (κ1) is 14.4. The maximum atomic E-state index is 11.5. The van der Waals surface area contributed by atoms with Gasteiger partial charge in [-0.25, -0.2) is 9.67 Å². The lowest BCUT2D eigenvalue weighted by molar-refractivity contribution is -0.143. The van der Waals surface area contributed by atoms with E-state index < -0.39 is 21.8 Å². The van der Waals surface area contributed by atoms with Crippen LogP contribution in [-0.2, 0) is 31.9 Å². The molecule has 108 valence electrons. The Morgan fingerprint density at radius 1 is 1.50 bits per heavy atom. The van der Waals surface area contributed by atoms with Gasteiger partial charge < -0.3 is 4.74 Å². The summed E-state index contributed by atoms with van der Waals surface area (Å²) in [5.74, 6) is -1.13. The molecule has 0 radical (unpaired) electrons. The highest BCUT2D eigenvalue weighted by Crippen LogP contribution is 2.18. The van der Waals surface area contributed by atoms with Crippen molar-refractivity contribution in [1.82, 2.24) is 14.8 Å². The average molecular weight is 299 g/mol. The predicted molar refractivity (Wildman–Crippen MR) is 69.4 cm³/mol. The number of hydrogen-bond acceptors (Lipinski definition) is 6. The summed E-state index contributed by atoms with van der Waals surface area (Å²) in [7, 11) is -4.21. The molecular weight excluding hydrogens is 286 g/mol. The number of nitrogens with zero attached hydrogens (tertiary/aromatic N) is 3. The van der Waals surface area contributed by atoms with Gasteiger partial charge in [0.05, 0.1) is 12.3 Å².